The summed E-state index contributed by atoms with van der Waals surface area (Å²) in [4.78, 5) is 26.7. The molecule has 1 atom stereocenters. The van der Waals surface area contributed by atoms with Gasteiger partial charge in [-0.05, 0) is 38.7 Å². The highest BCUT2D eigenvalue weighted by Gasteiger charge is 2.27. The van der Waals surface area contributed by atoms with Crippen molar-refractivity contribution in [2.24, 2.45) is 0 Å². The lowest BCUT2D eigenvalue weighted by molar-refractivity contribution is 0.0696. The first-order chi connectivity index (χ1) is 9.88. The maximum Gasteiger partial charge on any atom is 0.335 e. The Hall–Kier alpha value is -2.28. The Morgan fingerprint density at radius 1 is 1.38 bits per heavy atom. The minimum atomic E-state index is -1.13. The number of phenols is 1. The number of aromatic hydroxyl groups is 1. The molecule has 0 spiro atoms. The summed E-state index contributed by atoms with van der Waals surface area (Å²) < 4.78 is 0. The maximum absolute atomic E-state index is 12.1. The second-order valence-corrected chi connectivity index (χ2v) is 5.32. The number of benzene rings is 1. The van der Waals surface area contributed by atoms with E-state index >= 15 is 0 Å². The first-order valence-electron chi connectivity index (χ1n) is 6.67. The number of urea groups is 1. The van der Waals surface area contributed by atoms with Crippen LogP contribution >= 0.6 is 0 Å². The first-order valence-corrected chi connectivity index (χ1v) is 6.67. The predicted octanol–water partition coefficient (Wildman–Crippen LogP) is 1.26. The van der Waals surface area contributed by atoms with Crippen LogP contribution in [0.15, 0.2) is 18.2 Å². The molecule has 21 heavy (non-hydrogen) atoms. The van der Waals surface area contributed by atoms with Gasteiger partial charge in [0, 0.05) is 19.1 Å². The normalized spacial score (nSPS) is 18.0. The van der Waals surface area contributed by atoms with E-state index in [9.17, 15) is 14.7 Å². The Kier molecular flexibility index (Phi) is 4.32. The summed E-state index contributed by atoms with van der Waals surface area (Å²) in [5.41, 5.74) is 0.178. The molecule has 7 nitrogen and oxygen atoms in total. The third kappa shape index (κ3) is 3.43. The summed E-state index contributed by atoms with van der Waals surface area (Å²) >= 11 is 0. The second-order valence-electron chi connectivity index (χ2n) is 5.32. The third-order valence-electron chi connectivity index (χ3n) is 3.67. The number of hydrogen-bond acceptors (Lipinski definition) is 4. The van der Waals surface area contributed by atoms with E-state index < -0.39 is 5.97 Å². The molecule has 1 aliphatic rings. The second kappa shape index (κ2) is 6.01. The monoisotopic (exact) mass is 293 g/mol. The van der Waals surface area contributed by atoms with Crippen molar-refractivity contribution < 1.29 is 19.8 Å². The molecule has 0 radical (unpaired) electrons. The Balaban J connectivity index is 2.02. The quantitative estimate of drug-likeness (QED) is 0.730. The number of nitrogens with one attached hydrogen (secondary N) is 1. The average molecular weight is 293 g/mol. The van der Waals surface area contributed by atoms with Crippen molar-refractivity contribution in [2.75, 3.05) is 32.5 Å². The van der Waals surface area contributed by atoms with Gasteiger partial charge in [0.05, 0.1) is 11.3 Å². The first kappa shape index (κ1) is 15.1. The standard InChI is InChI=1S/C14H19N3O4/c1-16(2)10-5-6-17(8-10)14(21)15-11-4-3-9(13(19)20)7-12(11)18/h3-4,7,10,18H,5-6,8H2,1-2H3,(H,15,21)(H,19,20). The zero-order valence-corrected chi connectivity index (χ0v) is 12.0. The van der Waals surface area contributed by atoms with Gasteiger partial charge in [-0.15, -0.1) is 0 Å². The molecule has 0 aromatic heterocycles. The molecule has 1 aliphatic heterocycles. The van der Waals surface area contributed by atoms with E-state index in [2.05, 4.69) is 10.2 Å². The molecular formula is C14H19N3O4. The van der Waals surface area contributed by atoms with Crippen LogP contribution in [-0.4, -0.2) is 65.2 Å². The molecule has 0 bridgehead atoms. The highest BCUT2D eigenvalue weighted by atomic mass is 16.4. The summed E-state index contributed by atoms with van der Waals surface area (Å²) in [5, 5.41) is 21.2. The van der Waals surface area contributed by atoms with Crippen LogP contribution in [-0.2, 0) is 0 Å². The van der Waals surface area contributed by atoms with E-state index in [1.807, 2.05) is 14.1 Å². The van der Waals surface area contributed by atoms with Crippen LogP contribution in [0.1, 0.15) is 16.8 Å². The van der Waals surface area contributed by atoms with Crippen LogP contribution in [0.4, 0.5) is 10.5 Å². The van der Waals surface area contributed by atoms with Gasteiger partial charge in [0.2, 0.25) is 0 Å². The van der Waals surface area contributed by atoms with Gasteiger partial charge >= 0.3 is 12.0 Å². The van der Waals surface area contributed by atoms with Gasteiger partial charge < -0.3 is 25.3 Å². The summed E-state index contributed by atoms with van der Waals surface area (Å²) in [6.45, 7) is 1.29. The number of carboxylic acid groups (broad SMARTS) is 1. The van der Waals surface area contributed by atoms with Crippen molar-refractivity contribution in [3.8, 4) is 5.75 Å². The Morgan fingerprint density at radius 2 is 2.10 bits per heavy atom. The Bertz CT molecular complexity index is 559. The van der Waals surface area contributed by atoms with Crippen molar-refractivity contribution >= 4 is 17.7 Å². The van der Waals surface area contributed by atoms with Crippen LogP contribution in [0.5, 0.6) is 5.75 Å². The van der Waals surface area contributed by atoms with Gasteiger partial charge in [0.1, 0.15) is 5.75 Å². The van der Waals surface area contributed by atoms with Crippen LogP contribution in [0.2, 0.25) is 0 Å². The molecule has 1 saturated heterocycles. The molecule has 0 aliphatic carbocycles. The molecule has 0 saturated carbocycles. The van der Waals surface area contributed by atoms with E-state index in [-0.39, 0.29) is 23.0 Å². The molecule has 2 amide bonds. The molecule has 3 N–H and O–H groups in total. The smallest absolute Gasteiger partial charge is 0.335 e. The zero-order chi connectivity index (χ0) is 15.6. The van der Waals surface area contributed by atoms with Crippen LogP contribution < -0.4 is 5.32 Å². The lowest BCUT2D eigenvalue weighted by Gasteiger charge is -2.21. The number of anilines is 1. The number of carboxylic acids is 1. The van der Waals surface area contributed by atoms with Gasteiger partial charge in [-0.2, -0.15) is 0 Å². The largest absolute Gasteiger partial charge is 0.506 e. The number of likely N-dealkylation sites (tertiary alicyclic amines) is 1. The molecule has 1 unspecified atom stereocenters. The SMILES string of the molecule is CN(C)C1CCN(C(=O)Nc2ccc(C(=O)O)cc2O)C1. The van der Waals surface area contributed by atoms with E-state index in [0.717, 1.165) is 12.5 Å². The van der Waals surface area contributed by atoms with Crippen molar-refractivity contribution in [1.29, 1.82) is 0 Å². The van der Waals surface area contributed by atoms with E-state index in [1.165, 1.54) is 12.1 Å². The molecular weight excluding hydrogens is 274 g/mol. The molecule has 1 aromatic carbocycles. The van der Waals surface area contributed by atoms with Crippen LogP contribution in [0, 0.1) is 0 Å². The van der Waals surface area contributed by atoms with Gasteiger partial charge in [-0.25, -0.2) is 9.59 Å². The molecule has 1 aromatic rings. The average Bonchev–Trinajstić information content (AvgIpc) is 2.90. The van der Waals surface area contributed by atoms with Crippen molar-refractivity contribution in [3.05, 3.63) is 23.8 Å². The predicted molar refractivity (Wildman–Crippen MR) is 77.7 cm³/mol. The lowest BCUT2D eigenvalue weighted by atomic mass is 10.2. The molecule has 2 rings (SSSR count). The number of aromatic carboxylic acids is 1. The fourth-order valence-electron chi connectivity index (χ4n) is 2.31. The number of nitrogens with zero attached hydrogens (tertiary/aromatic N) is 2. The summed E-state index contributed by atoms with van der Waals surface area (Å²) in [6.07, 6.45) is 0.907. The maximum atomic E-state index is 12.1. The van der Waals surface area contributed by atoms with E-state index in [0.29, 0.717) is 19.1 Å². The number of phenolic OH excluding ortho intramolecular Hbond substituents is 1. The van der Waals surface area contributed by atoms with Crippen molar-refractivity contribution in [3.63, 3.8) is 0 Å². The highest BCUT2D eigenvalue weighted by Crippen LogP contribution is 2.25. The van der Waals surface area contributed by atoms with Gasteiger partial charge in [0.15, 0.2) is 0 Å². The van der Waals surface area contributed by atoms with Gasteiger partial charge in [-0.1, -0.05) is 0 Å². The Labute approximate surface area is 122 Å². The summed E-state index contributed by atoms with van der Waals surface area (Å²) in [5.74, 6) is -1.39. The summed E-state index contributed by atoms with van der Waals surface area (Å²) in [7, 11) is 3.95. The van der Waals surface area contributed by atoms with Gasteiger partial charge in [0.25, 0.3) is 0 Å². The Morgan fingerprint density at radius 3 is 2.62 bits per heavy atom. The number of likely N-dealkylation sites (N-methyl/N-ethyl adjacent to an activating group) is 1. The minimum Gasteiger partial charge on any atom is -0.506 e. The zero-order valence-electron chi connectivity index (χ0n) is 12.0. The van der Waals surface area contributed by atoms with E-state index in [1.54, 1.807) is 4.90 Å². The minimum absolute atomic E-state index is 0.0284. The molecule has 7 heteroatoms. The van der Waals surface area contributed by atoms with Gasteiger partial charge in [-0.3, -0.25) is 0 Å². The fourth-order valence-corrected chi connectivity index (χ4v) is 2.31. The summed E-state index contributed by atoms with van der Waals surface area (Å²) in [6, 6.07) is 3.88. The number of hydrogen-bond donors (Lipinski definition) is 3. The molecule has 114 valence electrons. The van der Waals surface area contributed by atoms with Crippen LogP contribution in [0.25, 0.3) is 0 Å². The number of amides is 2. The molecule has 1 heterocycles. The fraction of sp³-hybridized carbons (Fsp3) is 0.429. The van der Waals surface area contributed by atoms with Crippen LogP contribution in [0.3, 0.4) is 0 Å². The number of carbonyl (C=O) groups excluding carboxylic acids is 1. The molecule has 1 fully saturated rings. The number of rotatable bonds is 3. The van der Waals surface area contributed by atoms with Crippen molar-refractivity contribution in [1.82, 2.24) is 9.80 Å². The number of carbonyl (C=O) groups is 2. The topological polar surface area (TPSA) is 93.1 Å². The third-order valence-corrected chi connectivity index (χ3v) is 3.67. The van der Waals surface area contributed by atoms with Crippen molar-refractivity contribution in [2.45, 2.75) is 12.5 Å². The van der Waals surface area contributed by atoms with E-state index in [4.69, 9.17) is 5.11 Å². The highest BCUT2D eigenvalue weighted by molar-refractivity contribution is 5.93. The lowest BCUT2D eigenvalue weighted by Crippen LogP contribution is -2.36.